The van der Waals surface area contributed by atoms with Crippen LogP contribution in [0.15, 0.2) is 67.0 Å². The van der Waals surface area contributed by atoms with Crippen molar-refractivity contribution < 1.29 is 66.9 Å². The fourth-order valence-electron chi connectivity index (χ4n) is 3.57. The predicted molar refractivity (Wildman–Crippen MR) is 120 cm³/mol. The zero-order valence-electron chi connectivity index (χ0n) is 20.5. The van der Waals surface area contributed by atoms with Crippen molar-refractivity contribution in [3.05, 3.63) is 83.7 Å². The maximum absolute atomic E-state index is 14.2. The fourth-order valence-corrected chi connectivity index (χ4v) is 3.57. The smallest absolute Gasteiger partial charge is 0.457 e. The lowest BCUT2D eigenvalue weighted by atomic mass is 9.99. The Morgan fingerprint density at radius 3 is 2.05 bits per heavy atom. The van der Waals surface area contributed by atoms with Crippen LogP contribution < -0.4 is 9.64 Å². The number of nitrogens with zero attached hydrogens (tertiary/aromatic N) is 2. The van der Waals surface area contributed by atoms with Crippen molar-refractivity contribution in [2.45, 2.75) is 43.0 Å². The molecule has 0 amide bonds. The Morgan fingerprint density at radius 2 is 1.45 bits per heavy atom. The summed E-state index contributed by atoms with van der Waals surface area (Å²) in [7, 11) is 0. The quantitative estimate of drug-likeness (QED) is 0.245. The third-order valence-corrected chi connectivity index (χ3v) is 5.68. The molecule has 1 atom stereocenters. The molecule has 3 aromatic rings. The molecule has 0 radical (unpaired) electrons. The van der Waals surface area contributed by atoms with Gasteiger partial charge in [0.25, 0.3) is 0 Å². The first-order chi connectivity index (χ1) is 19.1. The molecular weight excluding hydrogens is 607 g/mol. The van der Waals surface area contributed by atoms with Crippen LogP contribution >= 0.6 is 0 Å². The van der Waals surface area contributed by atoms with Crippen LogP contribution in [-0.2, 0) is 18.6 Å². The third kappa shape index (κ3) is 7.17. The number of aliphatic hydroxyl groups is 1. The van der Waals surface area contributed by atoms with Crippen LogP contribution in [0.2, 0.25) is 0 Å². The first-order valence-electron chi connectivity index (χ1n) is 11.3. The summed E-state index contributed by atoms with van der Waals surface area (Å²) < 4.78 is 178. The summed E-state index contributed by atoms with van der Waals surface area (Å²) in [4.78, 5) is 4.03. The van der Waals surface area contributed by atoms with Crippen molar-refractivity contribution in [1.29, 1.82) is 0 Å². The number of halogens is 13. The molecule has 0 aliphatic heterocycles. The maximum atomic E-state index is 14.2. The van der Waals surface area contributed by atoms with Crippen molar-refractivity contribution >= 4 is 5.69 Å². The number of rotatable bonds is 9. The minimum atomic E-state index is -6.64. The molecule has 1 N–H and O–H groups in total. The van der Waals surface area contributed by atoms with Crippen molar-refractivity contribution in [2.24, 2.45) is 0 Å². The number of ether oxygens (including phenoxy) is 1. The van der Waals surface area contributed by atoms with Crippen LogP contribution in [0, 0.1) is 0 Å². The number of aliphatic hydroxyl groups excluding tert-OH is 1. The molecule has 1 heterocycles. The van der Waals surface area contributed by atoms with Crippen LogP contribution in [0.1, 0.15) is 16.7 Å². The van der Waals surface area contributed by atoms with E-state index >= 15 is 0 Å². The number of hydrogen-bond acceptors (Lipinski definition) is 4. The molecule has 2 aromatic carbocycles. The molecule has 17 heteroatoms. The lowest BCUT2D eigenvalue weighted by molar-refractivity contribution is -0.359. The van der Waals surface area contributed by atoms with Gasteiger partial charge in [-0.05, 0) is 29.8 Å². The van der Waals surface area contributed by atoms with Gasteiger partial charge in [0.15, 0.2) is 6.10 Å². The lowest BCUT2D eigenvalue weighted by Gasteiger charge is -2.30. The van der Waals surface area contributed by atoms with Crippen molar-refractivity contribution in [1.82, 2.24) is 4.98 Å². The molecule has 0 fully saturated rings. The Bertz CT molecular complexity index is 1370. The number of alkyl halides is 13. The van der Waals surface area contributed by atoms with Crippen molar-refractivity contribution in [2.75, 3.05) is 11.4 Å². The predicted octanol–water partition coefficient (Wildman–Crippen LogP) is 8.11. The molecule has 0 saturated heterocycles. The van der Waals surface area contributed by atoms with Crippen LogP contribution in [0.5, 0.6) is 11.5 Å². The van der Waals surface area contributed by atoms with E-state index in [2.05, 4.69) is 4.98 Å². The molecule has 0 aliphatic rings. The van der Waals surface area contributed by atoms with E-state index in [-0.39, 0.29) is 23.6 Å². The second kappa shape index (κ2) is 11.5. The van der Waals surface area contributed by atoms with Crippen LogP contribution in [0.25, 0.3) is 0 Å². The van der Waals surface area contributed by atoms with Crippen LogP contribution in [0.3, 0.4) is 0 Å². The Hall–Kier alpha value is -3.76. The molecule has 230 valence electrons. The van der Waals surface area contributed by atoms with Gasteiger partial charge in [0.2, 0.25) is 0 Å². The minimum Gasteiger partial charge on any atom is -0.457 e. The zero-order valence-corrected chi connectivity index (χ0v) is 20.5. The van der Waals surface area contributed by atoms with Crippen LogP contribution in [-0.4, -0.2) is 41.0 Å². The van der Waals surface area contributed by atoms with Gasteiger partial charge in [-0.3, -0.25) is 4.98 Å². The molecule has 42 heavy (non-hydrogen) atoms. The number of pyridine rings is 1. The highest BCUT2D eigenvalue weighted by Crippen LogP contribution is 2.52. The normalized spacial score (nSPS) is 14.0. The molecule has 0 spiro atoms. The minimum absolute atomic E-state index is 0.222. The van der Waals surface area contributed by atoms with E-state index in [0.717, 1.165) is 42.6 Å². The molecule has 4 nitrogen and oxygen atoms in total. The third-order valence-electron chi connectivity index (χ3n) is 5.68. The van der Waals surface area contributed by atoms with Gasteiger partial charge in [0, 0.05) is 36.3 Å². The van der Waals surface area contributed by atoms with E-state index in [9.17, 15) is 62.2 Å². The van der Waals surface area contributed by atoms with Crippen molar-refractivity contribution in [3.8, 4) is 11.5 Å². The summed E-state index contributed by atoms with van der Waals surface area (Å²) in [6, 6.07) is 7.21. The summed E-state index contributed by atoms with van der Waals surface area (Å²) >= 11 is 0. The second-order valence-corrected chi connectivity index (χ2v) is 8.75. The summed E-state index contributed by atoms with van der Waals surface area (Å²) in [5.41, 5.74) is -3.85. The van der Waals surface area contributed by atoms with E-state index in [1.54, 1.807) is 0 Å². The molecule has 1 unspecified atom stereocenters. The summed E-state index contributed by atoms with van der Waals surface area (Å²) in [5.74, 6) is -13.4. The Labute approximate surface area is 228 Å². The van der Waals surface area contributed by atoms with Gasteiger partial charge in [-0.15, -0.1) is 0 Å². The summed E-state index contributed by atoms with van der Waals surface area (Å²) in [5, 5.41) is 9.63. The topological polar surface area (TPSA) is 45.6 Å². The largest absolute Gasteiger partial charge is 0.460 e. The first kappa shape index (κ1) is 32.8. The van der Waals surface area contributed by atoms with E-state index in [1.165, 1.54) is 0 Å². The summed E-state index contributed by atoms with van der Waals surface area (Å²) in [6.07, 6.45) is -18.4. The Morgan fingerprint density at radius 1 is 0.810 bits per heavy atom. The van der Waals surface area contributed by atoms with Gasteiger partial charge in [-0.2, -0.15) is 57.1 Å². The molecule has 0 saturated carbocycles. The lowest BCUT2D eigenvalue weighted by Crippen LogP contribution is -2.50. The van der Waals surface area contributed by atoms with Gasteiger partial charge in [0.1, 0.15) is 17.1 Å². The second-order valence-electron chi connectivity index (χ2n) is 8.75. The molecule has 0 bridgehead atoms. The molecule has 0 aliphatic carbocycles. The van der Waals surface area contributed by atoms with Crippen molar-refractivity contribution in [3.63, 3.8) is 0 Å². The monoisotopic (exact) mass is 624 g/mol. The number of aromatic nitrogens is 1. The average Bonchev–Trinajstić information content (AvgIpc) is 2.87. The number of hydrogen-bond donors (Lipinski definition) is 1. The van der Waals surface area contributed by atoms with E-state index in [4.69, 9.17) is 4.74 Å². The number of benzene rings is 2. The highest BCUT2D eigenvalue weighted by atomic mass is 19.4. The van der Waals surface area contributed by atoms with Gasteiger partial charge < -0.3 is 14.7 Å². The molecule has 1 aromatic heterocycles. The standard InChI is InChI=1S/C25H17F13N2O2/c26-21(27,24(34,35)25(36,37)38)15-4-1-3-14(9-15)12-40(13-20(41)23(31,32)33)16-5-2-6-17(10-16)42-19-7-8-39-11-18(19)22(28,29)30/h1-11,20,41H,12-13H2. The van der Waals surface area contributed by atoms with Gasteiger partial charge in [0.05, 0.1) is 6.54 Å². The number of anilines is 1. The van der Waals surface area contributed by atoms with E-state index < -0.39 is 72.0 Å². The highest BCUT2D eigenvalue weighted by molar-refractivity contribution is 5.53. The highest BCUT2D eigenvalue weighted by Gasteiger charge is 2.73. The van der Waals surface area contributed by atoms with Gasteiger partial charge in [-0.25, -0.2) is 0 Å². The van der Waals surface area contributed by atoms with E-state index in [1.807, 2.05) is 0 Å². The molecule has 3 rings (SSSR count). The Balaban J connectivity index is 2.00. The first-order valence-corrected chi connectivity index (χ1v) is 11.3. The average molecular weight is 624 g/mol. The summed E-state index contributed by atoms with van der Waals surface area (Å²) in [6.45, 7) is -2.17. The van der Waals surface area contributed by atoms with Gasteiger partial charge in [-0.1, -0.05) is 24.3 Å². The van der Waals surface area contributed by atoms with Crippen LogP contribution in [0.4, 0.5) is 62.8 Å². The fraction of sp³-hybridized carbons (Fsp3) is 0.320. The molecular formula is C25H17F13N2O2. The van der Waals surface area contributed by atoms with E-state index in [0.29, 0.717) is 17.2 Å². The van der Waals surface area contributed by atoms with Gasteiger partial charge >= 0.3 is 30.4 Å². The SMILES string of the molecule is OC(CN(Cc1cccc(C(F)(F)C(F)(F)C(F)(F)F)c1)c1cccc(Oc2ccncc2C(F)(F)F)c1)C(F)(F)F. The Kier molecular flexibility index (Phi) is 8.96. The maximum Gasteiger partial charge on any atom is 0.460 e. The zero-order chi connectivity index (χ0) is 31.7.